The van der Waals surface area contributed by atoms with E-state index in [4.69, 9.17) is 10.5 Å². The van der Waals surface area contributed by atoms with Gasteiger partial charge in [0.2, 0.25) is 0 Å². The smallest absolute Gasteiger partial charge is 0.260 e. The number of amides is 1. The van der Waals surface area contributed by atoms with Crippen molar-refractivity contribution < 1.29 is 9.53 Å². The molecule has 0 saturated carbocycles. The second-order valence-corrected chi connectivity index (χ2v) is 9.52. The number of halogens is 1. The number of ether oxygens (including phenoxy) is 1. The van der Waals surface area contributed by atoms with Gasteiger partial charge in [0.1, 0.15) is 5.75 Å². The van der Waals surface area contributed by atoms with Crippen LogP contribution in [-0.2, 0) is 4.79 Å². The van der Waals surface area contributed by atoms with E-state index in [9.17, 15) is 4.79 Å². The third-order valence-corrected chi connectivity index (χ3v) is 7.44. The first-order valence-corrected chi connectivity index (χ1v) is 11.0. The van der Waals surface area contributed by atoms with Crippen molar-refractivity contribution in [1.29, 1.82) is 0 Å². The van der Waals surface area contributed by atoms with Gasteiger partial charge in [-0.1, -0.05) is 26.0 Å². The minimum absolute atomic E-state index is 0. The Bertz CT molecular complexity index is 537. The van der Waals surface area contributed by atoms with E-state index in [1.165, 1.54) is 23.5 Å². The van der Waals surface area contributed by atoms with Crippen LogP contribution in [0, 0.1) is 5.92 Å². The van der Waals surface area contributed by atoms with Crippen molar-refractivity contribution in [2.24, 2.45) is 11.7 Å². The number of likely N-dealkylation sites (N-methyl/N-ethyl adjacent to an activating group) is 1. The van der Waals surface area contributed by atoms with Crippen molar-refractivity contribution in [3.63, 3.8) is 0 Å². The van der Waals surface area contributed by atoms with Crippen molar-refractivity contribution in [3.8, 4) is 5.75 Å². The summed E-state index contributed by atoms with van der Waals surface area (Å²) in [5, 5.41) is 0. The van der Waals surface area contributed by atoms with E-state index >= 15 is 0 Å². The summed E-state index contributed by atoms with van der Waals surface area (Å²) in [4.78, 5) is 13.9. The van der Waals surface area contributed by atoms with E-state index in [0.29, 0.717) is 17.0 Å². The molecule has 0 aromatic heterocycles. The van der Waals surface area contributed by atoms with Gasteiger partial charge in [-0.05, 0) is 48.0 Å². The SMILES string of the molecule is CC(C)C(N)CCN(C)C(=O)COc1ccc(C2SCCCS2)cc1.Cl. The summed E-state index contributed by atoms with van der Waals surface area (Å²) in [7, 11) is 1.80. The lowest BCUT2D eigenvalue weighted by molar-refractivity contribution is -0.132. The third-order valence-electron chi connectivity index (χ3n) is 4.42. The van der Waals surface area contributed by atoms with E-state index < -0.39 is 0 Å². The summed E-state index contributed by atoms with van der Waals surface area (Å²) in [6.07, 6.45) is 2.11. The van der Waals surface area contributed by atoms with Crippen molar-refractivity contribution in [3.05, 3.63) is 29.8 Å². The monoisotopic (exact) mass is 418 g/mol. The predicted molar refractivity (Wildman–Crippen MR) is 117 cm³/mol. The highest BCUT2D eigenvalue weighted by atomic mass is 35.5. The average Bonchev–Trinajstić information content (AvgIpc) is 2.64. The fourth-order valence-corrected chi connectivity index (χ4v) is 5.35. The van der Waals surface area contributed by atoms with Gasteiger partial charge in [0, 0.05) is 19.6 Å². The molecule has 1 amide bonds. The van der Waals surface area contributed by atoms with Crippen molar-refractivity contribution in [2.45, 2.75) is 37.3 Å². The average molecular weight is 419 g/mol. The number of carbonyl (C=O) groups is 1. The Morgan fingerprint density at radius 1 is 1.27 bits per heavy atom. The van der Waals surface area contributed by atoms with Crippen LogP contribution in [0.25, 0.3) is 0 Å². The molecule has 0 radical (unpaired) electrons. The van der Waals surface area contributed by atoms with Crippen LogP contribution >= 0.6 is 35.9 Å². The van der Waals surface area contributed by atoms with Gasteiger partial charge in [-0.25, -0.2) is 0 Å². The Balaban J connectivity index is 0.00000338. The first kappa shape index (κ1) is 23.5. The number of carbonyl (C=O) groups excluding carboxylic acids is 1. The first-order chi connectivity index (χ1) is 12.0. The van der Waals surface area contributed by atoms with E-state index in [1.807, 2.05) is 35.7 Å². The number of benzene rings is 1. The quantitative estimate of drug-likeness (QED) is 0.685. The number of hydrogen-bond acceptors (Lipinski definition) is 5. The van der Waals surface area contributed by atoms with Gasteiger partial charge in [-0.3, -0.25) is 4.79 Å². The van der Waals surface area contributed by atoms with Gasteiger partial charge < -0.3 is 15.4 Å². The van der Waals surface area contributed by atoms with Gasteiger partial charge in [-0.15, -0.1) is 35.9 Å². The molecule has 1 aromatic rings. The maximum atomic E-state index is 12.2. The Morgan fingerprint density at radius 2 is 1.88 bits per heavy atom. The van der Waals surface area contributed by atoms with Gasteiger partial charge in [0.05, 0.1) is 4.58 Å². The summed E-state index contributed by atoms with van der Waals surface area (Å²) >= 11 is 4.01. The molecule has 1 aliphatic rings. The molecule has 4 nitrogen and oxygen atoms in total. The molecule has 1 unspecified atom stereocenters. The summed E-state index contributed by atoms with van der Waals surface area (Å²) in [6.45, 7) is 4.93. The molecule has 1 saturated heterocycles. The molecule has 7 heteroatoms. The topological polar surface area (TPSA) is 55.6 Å². The predicted octanol–water partition coefficient (Wildman–Crippen LogP) is 4.19. The fourth-order valence-electron chi connectivity index (χ4n) is 2.46. The highest BCUT2D eigenvalue weighted by Gasteiger charge is 2.17. The number of rotatable bonds is 8. The maximum Gasteiger partial charge on any atom is 0.260 e. The van der Waals surface area contributed by atoms with Crippen molar-refractivity contribution >= 4 is 41.8 Å². The zero-order chi connectivity index (χ0) is 18.2. The van der Waals surface area contributed by atoms with Crippen LogP contribution in [0.5, 0.6) is 5.75 Å². The number of hydrogen-bond donors (Lipinski definition) is 1. The molecule has 0 aliphatic carbocycles. The molecule has 0 spiro atoms. The number of nitrogens with two attached hydrogens (primary N) is 1. The van der Waals surface area contributed by atoms with Crippen LogP contribution in [0.15, 0.2) is 24.3 Å². The minimum atomic E-state index is -0.0153. The van der Waals surface area contributed by atoms with Crippen LogP contribution in [0.4, 0.5) is 0 Å². The zero-order valence-corrected chi connectivity index (χ0v) is 18.3. The second-order valence-electron chi connectivity index (χ2n) is 6.80. The Hall–Kier alpha value is -0.560. The molecule has 1 aromatic carbocycles. The van der Waals surface area contributed by atoms with Crippen LogP contribution in [0.3, 0.4) is 0 Å². The summed E-state index contributed by atoms with van der Waals surface area (Å²) in [5.41, 5.74) is 7.36. The van der Waals surface area contributed by atoms with Crippen LogP contribution in [0.2, 0.25) is 0 Å². The lowest BCUT2D eigenvalue weighted by atomic mass is 10.0. The Labute approximate surface area is 172 Å². The fraction of sp³-hybridized carbons (Fsp3) is 0.632. The molecular formula is C19H31ClN2O2S2. The summed E-state index contributed by atoms with van der Waals surface area (Å²) in [5.74, 6) is 3.63. The van der Waals surface area contributed by atoms with Gasteiger partial charge in [-0.2, -0.15) is 0 Å². The van der Waals surface area contributed by atoms with Gasteiger partial charge >= 0.3 is 0 Å². The Morgan fingerprint density at radius 3 is 2.46 bits per heavy atom. The van der Waals surface area contributed by atoms with Gasteiger partial charge in [0.15, 0.2) is 6.61 Å². The highest BCUT2D eigenvalue weighted by Crippen LogP contribution is 2.43. The van der Waals surface area contributed by atoms with Crippen LogP contribution in [-0.4, -0.2) is 48.6 Å². The molecule has 26 heavy (non-hydrogen) atoms. The first-order valence-electron chi connectivity index (χ1n) is 8.93. The highest BCUT2D eigenvalue weighted by molar-refractivity contribution is 8.16. The maximum absolute atomic E-state index is 12.2. The van der Waals surface area contributed by atoms with Crippen molar-refractivity contribution in [1.82, 2.24) is 4.90 Å². The molecule has 1 heterocycles. The molecule has 148 valence electrons. The number of nitrogens with zero attached hydrogens (tertiary/aromatic N) is 1. The normalized spacial score (nSPS) is 16.0. The van der Waals surface area contributed by atoms with Crippen LogP contribution in [0.1, 0.15) is 36.8 Å². The van der Waals surface area contributed by atoms with E-state index in [1.54, 1.807) is 11.9 Å². The van der Waals surface area contributed by atoms with Gasteiger partial charge in [0.25, 0.3) is 5.91 Å². The summed E-state index contributed by atoms with van der Waals surface area (Å²) in [6, 6.07) is 8.28. The lowest BCUT2D eigenvalue weighted by Gasteiger charge is -2.22. The molecule has 1 aliphatic heterocycles. The molecule has 1 fully saturated rings. The third kappa shape index (κ3) is 7.59. The second kappa shape index (κ2) is 12.0. The molecule has 2 rings (SSSR count). The Kier molecular flexibility index (Phi) is 10.8. The van der Waals surface area contributed by atoms with Crippen LogP contribution < -0.4 is 10.5 Å². The van der Waals surface area contributed by atoms with Crippen molar-refractivity contribution in [2.75, 3.05) is 31.7 Å². The largest absolute Gasteiger partial charge is 0.484 e. The van der Waals surface area contributed by atoms with E-state index in [2.05, 4.69) is 26.0 Å². The zero-order valence-electron chi connectivity index (χ0n) is 15.8. The molecule has 1 atom stereocenters. The molecular weight excluding hydrogens is 388 g/mol. The number of thioether (sulfide) groups is 2. The van der Waals surface area contributed by atoms with E-state index in [-0.39, 0.29) is 31.0 Å². The molecule has 0 bridgehead atoms. The lowest BCUT2D eigenvalue weighted by Crippen LogP contribution is -2.36. The summed E-state index contributed by atoms with van der Waals surface area (Å²) < 4.78 is 6.18. The molecule has 2 N–H and O–H groups in total. The standard InChI is InChI=1S/C19H30N2O2S2.ClH/c1-14(2)17(20)9-10-21(3)18(22)13-23-16-7-5-15(6-8-16)19-24-11-4-12-25-19;/h5-8,14,17,19H,4,9-13,20H2,1-3H3;1H. The van der Waals surface area contributed by atoms with E-state index in [0.717, 1.165) is 12.2 Å². The minimum Gasteiger partial charge on any atom is -0.484 e.